The van der Waals surface area contributed by atoms with E-state index in [0.29, 0.717) is 18.5 Å². The number of piperidine rings is 1. The van der Waals surface area contributed by atoms with E-state index in [1.54, 1.807) is 16.7 Å². The third-order valence-electron chi connectivity index (χ3n) is 7.97. The Hall–Kier alpha value is -3.64. The van der Waals surface area contributed by atoms with Gasteiger partial charge in [0.25, 0.3) is 5.56 Å². The Bertz CT molecular complexity index is 1700. The highest BCUT2D eigenvalue weighted by molar-refractivity contribution is 7.90. The first-order valence-electron chi connectivity index (χ1n) is 13.4. The van der Waals surface area contributed by atoms with Crippen LogP contribution in [0.3, 0.4) is 0 Å². The second-order valence-electron chi connectivity index (χ2n) is 10.6. The molecule has 3 aliphatic rings. The summed E-state index contributed by atoms with van der Waals surface area (Å²) in [6, 6.07) is 8.11. The number of halogens is 2. The molecule has 1 spiro atoms. The lowest BCUT2D eigenvalue weighted by Crippen LogP contribution is -2.41. The van der Waals surface area contributed by atoms with Crippen molar-refractivity contribution in [2.75, 3.05) is 37.5 Å². The smallest absolute Gasteiger partial charge is 0.301 e. The number of nitrogens with one attached hydrogen (secondary N) is 2. The van der Waals surface area contributed by atoms with Crippen molar-refractivity contribution in [3.8, 4) is 17.6 Å². The van der Waals surface area contributed by atoms with Crippen molar-refractivity contribution in [1.29, 1.82) is 5.26 Å². The predicted octanol–water partition coefficient (Wildman–Crippen LogP) is 2.98. The third kappa shape index (κ3) is 5.26. The average molecular weight is 587 g/mol. The van der Waals surface area contributed by atoms with Gasteiger partial charge in [-0.1, -0.05) is 0 Å². The normalized spacial score (nSPS) is 22.7. The van der Waals surface area contributed by atoms with Crippen LogP contribution in [-0.4, -0.2) is 66.8 Å². The van der Waals surface area contributed by atoms with Gasteiger partial charge in [-0.3, -0.25) is 14.1 Å². The zero-order valence-corrected chi connectivity index (χ0v) is 22.8. The highest BCUT2D eigenvalue weighted by atomic mass is 32.2. The molecule has 4 heterocycles. The van der Waals surface area contributed by atoms with Gasteiger partial charge in [0.15, 0.2) is 11.6 Å². The van der Waals surface area contributed by atoms with Gasteiger partial charge in [-0.15, -0.1) is 0 Å². The molecule has 2 N–H and O–H groups in total. The van der Waals surface area contributed by atoms with Crippen molar-refractivity contribution in [2.24, 2.45) is 0 Å². The minimum atomic E-state index is -4.19. The van der Waals surface area contributed by atoms with Crippen molar-refractivity contribution in [2.45, 2.75) is 43.5 Å². The maximum Gasteiger partial charge on any atom is 0.301 e. The molecule has 0 radical (unpaired) electrons. The van der Waals surface area contributed by atoms with Crippen molar-refractivity contribution < 1.29 is 26.7 Å². The molecule has 0 aliphatic carbocycles. The van der Waals surface area contributed by atoms with Crippen LogP contribution in [0.1, 0.15) is 37.3 Å². The van der Waals surface area contributed by atoms with Crippen LogP contribution in [0.25, 0.3) is 10.9 Å². The van der Waals surface area contributed by atoms with Crippen molar-refractivity contribution >= 4 is 26.8 Å². The summed E-state index contributed by atoms with van der Waals surface area (Å²) in [6.07, 6.45) is 2.72. The number of hydrogen-bond acceptors (Lipinski definition) is 8. The number of fused-ring (bicyclic) bond motifs is 1. The predicted molar refractivity (Wildman–Crippen MR) is 145 cm³/mol. The third-order valence-corrected chi connectivity index (χ3v) is 9.45. The Balaban J connectivity index is 1.29. The van der Waals surface area contributed by atoms with Gasteiger partial charge in [0.1, 0.15) is 23.6 Å². The second kappa shape index (κ2) is 10.6. The van der Waals surface area contributed by atoms with Gasteiger partial charge in [0.05, 0.1) is 41.2 Å². The number of aromatic nitrogens is 2. The molecule has 2 aromatic carbocycles. The molecule has 3 saturated heterocycles. The molecular formula is C27H28F2N6O5S. The van der Waals surface area contributed by atoms with Crippen LogP contribution in [0.5, 0.6) is 11.5 Å². The number of rotatable bonds is 6. The number of hydrogen-bond donors (Lipinski definition) is 2. The topological polar surface area (TPSA) is 139 Å². The summed E-state index contributed by atoms with van der Waals surface area (Å²) in [6.45, 7) is 1.79. The van der Waals surface area contributed by atoms with E-state index in [2.05, 4.69) is 15.0 Å². The Labute approximate surface area is 234 Å². The summed E-state index contributed by atoms with van der Waals surface area (Å²) in [5.41, 5.74) is -0.768. The largest absolute Gasteiger partial charge is 0.453 e. The summed E-state index contributed by atoms with van der Waals surface area (Å²) in [4.78, 5) is 17.9. The summed E-state index contributed by atoms with van der Waals surface area (Å²) < 4.78 is 70.6. The van der Waals surface area contributed by atoms with E-state index in [9.17, 15) is 27.3 Å². The Morgan fingerprint density at radius 2 is 2.05 bits per heavy atom. The first-order chi connectivity index (χ1) is 19.7. The average Bonchev–Trinajstić information content (AvgIpc) is 3.58. The molecule has 0 amide bonds. The monoisotopic (exact) mass is 586 g/mol. The van der Waals surface area contributed by atoms with E-state index in [1.165, 1.54) is 18.5 Å². The van der Waals surface area contributed by atoms with E-state index in [1.807, 2.05) is 0 Å². The van der Waals surface area contributed by atoms with Crippen LogP contribution >= 0.6 is 0 Å². The van der Waals surface area contributed by atoms with Gasteiger partial charge in [0.2, 0.25) is 0 Å². The van der Waals surface area contributed by atoms with E-state index >= 15 is 0 Å². The van der Waals surface area contributed by atoms with Crippen LogP contribution in [0.15, 0.2) is 41.5 Å². The van der Waals surface area contributed by atoms with Gasteiger partial charge in [-0.2, -0.15) is 18.0 Å². The van der Waals surface area contributed by atoms with E-state index in [-0.39, 0.29) is 53.5 Å². The number of nitriles is 1. The summed E-state index contributed by atoms with van der Waals surface area (Å²) in [7, 11) is -4.19. The zero-order chi connectivity index (χ0) is 28.8. The van der Waals surface area contributed by atoms with Gasteiger partial charge in [-0.25, -0.2) is 13.8 Å². The fourth-order valence-electron chi connectivity index (χ4n) is 5.75. The maximum absolute atomic E-state index is 14.9. The van der Waals surface area contributed by atoms with Gasteiger partial charge >= 0.3 is 10.2 Å². The van der Waals surface area contributed by atoms with Crippen LogP contribution in [0.2, 0.25) is 0 Å². The number of anilines is 1. The minimum absolute atomic E-state index is 0.0171. The van der Waals surface area contributed by atoms with Crippen LogP contribution in [0, 0.1) is 17.1 Å². The molecule has 1 aromatic heterocycles. The molecular weight excluding hydrogens is 558 g/mol. The number of benzene rings is 2. The van der Waals surface area contributed by atoms with E-state index in [4.69, 9.17) is 9.47 Å². The van der Waals surface area contributed by atoms with E-state index < -0.39 is 33.5 Å². The lowest BCUT2D eigenvalue weighted by Gasteiger charge is -2.32. The highest BCUT2D eigenvalue weighted by Crippen LogP contribution is 2.39. The second-order valence-corrected chi connectivity index (χ2v) is 12.3. The maximum atomic E-state index is 14.9. The summed E-state index contributed by atoms with van der Waals surface area (Å²) >= 11 is 0. The molecule has 3 aromatic rings. The molecule has 3 fully saturated rings. The SMILES string of the molecule is N#Cc1c(NS(=O)(=O)N2CC[C@@H](F)C2)ccc(F)c1Oc1ccc2ncn(C3COC4(CCNCC4)C3)c(=O)c2c1. The molecule has 3 aliphatic heterocycles. The zero-order valence-electron chi connectivity index (χ0n) is 22.0. The van der Waals surface area contributed by atoms with Crippen molar-refractivity contribution in [3.63, 3.8) is 0 Å². The molecule has 6 rings (SSSR count). The molecule has 0 saturated carbocycles. The molecule has 216 valence electrons. The van der Waals surface area contributed by atoms with Crippen LogP contribution in [-0.2, 0) is 14.9 Å². The van der Waals surface area contributed by atoms with Crippen LogP contribution < -0.4 is 20.3 Å². The quantitative estimate of drug-likeness (QED) is 0.450. The molecule has 41 heavy (non-hydrogen) atoms. The molecule has 0 bridgehead atoms. The van der Waals surface area contributed by atoms with Crippen LogP contribution in [0.4, 0.5) is 14.5 Å². The lowest BCUT2D eigenvalue weighted by molar-refractivity contribution is -0.0196. The number of ether oxygens (including phenoxy) is 2. The minimum Gasteiger partial charge on any atom is -0.453 e. The fourth-order valence-corrected chi connectivity index (χ4v) is 7.03. The van der Waals surface area contributed by atoms with E-state index in [0.717, 1.165) is 42.4 Å². The standard InChI is InChI=1S/C27H28F2N6O5S/c28-17-5-10-34(14-17)41(37,38)33-24-4-2-22(29)25(21(24)13-30)40-19-1-3-23-20(11-19)26(36)35(16-32-23)18-12-27(39-15-18)6-8-31-9-7-27/h1-4,11,16-18,31,33H,5-10,12,14-15H2/t17-,18?/m1/s1. The summed E-state index contributed by atoms with van der Waals surface area (Å²) in [5, 5.41) is 13.4. The molecule has 1 unspecified atom stereocenters. The Kier molecular flexibility index (Phi) is 7.14. The van der Waals surface area contributed by atoms with Gasteiger partial charge in [0, 0.05) is 13.1 Å². The number of alkyl halides is 1. The van der Waals surface area contributed by atoms with Gasteiger partial charge < -0.3 is 14.8 Å². The Morgan fingerprint density at radius 1 is 1.24 bits per heavy atom. The summed E-state index contributed by atoms with van der Waals surface area (Å²) in [5.74, 6) is -1.37. The molecule has 2 atom stereocenters. The molecule has 14 heteroatoms. The lowest BCUT2D eigenvalue weighted by atomic mass is 9.88. The molecule has 11 nitrogen and oxygen atoms in total. The van der Waals surface area contributed by atoms with Crippen molar-refractivity contribution in [1.82, 2.24) is 19.2 Å². The fraction of sp³-hybridized carbons (Fsp3) is 0.444. The van der Waals surface area contributed by atoms with Crippen molar-refractivity contribution in [3.05, 3.63) is 58.4 Å². The Morgan fingerprint density at radius 3 is 2.78 bits per heavy atom. The highest BCUT2D eigenvalue weighted by Gasteiger charge is 2.42. The number of nitrogens with zero attached hydrogens (tertiary/aromatic N) is 4. The first kappa shape index (κ1) is 27.5. The van der Waals surface area contributed by atoms with Gasteiger partial charge in [-0.05, 0) is 69.1 Å². The first-order valence-corrected chi connectivity index (χ1v) is 14.8.